The van der Waals surface area contributed by atoms with Crippen LogP contribution < -0.4 is 10.5 Å². The Hall–Kier alpha value is -2.13. The first-order chi connectivity index (χ1) is 9.74. The highest BCUT2D eigenvalue weighted by Gasteiger charge is 2.06. The first-order valence-electron chi connectivity index (χ1n) is 6.56. The minimum Gasteiger partial charge on any atom is -0.488 e. The highest BCUT2D eigenvalue weighted by molar-refractivity contribution is 5.56. The summed E-state index contributed by atoms with van der Waals surface area (Å²) in [6.45, 7) is 2.53. The number of allylic oxidation sites excluding steroid dienone is 1. The van der Waals surface area contributed by atoms with Crippen LogP contribution in [-0.4, -0.2) is 0 Å². The summed E-state index contributed by atoms with van der Waals surface area (Å²) in [5.41, 5.74) is 7.96. The Morgan fingerprint density at radius 1 is 1.20 bits per heavy atom. The summed E-state index contributed by atoms with van der Waals surface area (Å²) >= 11 is 0. The number of ether oxygens (including phenoxy) is 1. The van der Waals surface area contributed by atoms with Crippen LogP contribution in [-0.2, 0) is 13.2 Å². The molecule has 2 aromatic rings. The molecule has 20 heavy (non-hydrogen) atoms. The average molecular weight is 271 g/mol. The maximum absolute atomic E-state index is 13.7. The maximum Gasteiger partial charge on any atom is 0.129 e. The van der Waals surface area contributed by atoms with E-state index in [1.165, 1.54) is 6.07 Å². The van der Waals surface area contributed by atoms with Crippen molar-refractivity contribution in [3.05, 3.63) is 71.0 Å². The lowest BCUT2D eigenvalue weighted by molar-refractivity contribution is 0.299. The highest BCUT2D eigenvalue weighted by atomic mass is 19.1. The van der Waals surface area contributed by atoms with Gasteiger partial charge in [0.25, 0.3) is 0 Å². The van der Waals surface area contributed by atoms with E-state index >= 15 is 0 Å². The molecule has 104 valence electrons. The fourth-order valence-corrected chi connectivity index (χ4v) is 1.95. The van der Waals surface area contributed by atoms with Crippen molar-refractivity contribution in [1.82, 2.24) is 0 Å². The second kappa shape index (κ2) is 6.87. The lowest BCUT2D eigenvalue weighted by Gasteiger charge is -2.10. The van der Waals surface area contributed by atoms with Crippen LogP contribution in [0.4, 0.5) is 4.39 Å². The molecule has 0 aliphatic rings. The third kappa shape index (κ3) is 3.45. The standard InChI is InChI=1S/C17H18FNO/c1-2-5-14-6-3-4-7-17(14)20-12-15-10-13(11-19)8-9-16(15)18/h2-10H,11-12,19H2,1H3/b5-2+. The molecule has 0 heterocycles. The van der Waals surface area contributed by atoms with Gasteiger partial charge >= 0.3 is 0 Å². The molecular formula is C17H18FNO. The van der Waals surface area contributed by atoms with E-state index in [1.54, 1.807) is 12.1 Å². The van der Waals surface area contributed by atoms with Crippen LogP contribution in [0.2, 0.25) is 0 Å². The van der Waals surface area contributed by atoms with E-state index in [0.717, 1.165) is 16.9 Å². The van der Waals surface area contributed by atoms with Crippen molar-refractivity contribution in [1.29, 1.82) is 0 Å². The minimum atomic E-state index is -0.272. The van der Waals surface area contributed by atoms with Gasteiger partial charge in [-0.15, -0.1) is 0 Å². The maximum atomic E-state index is 13.7. The van der Waals surface area contributed by atoms with E-state index < -0.39 is 0 Å². The molecule has 0 unspecified atom stereocenters. The second-order valence-electron chi connectivity index (χ2n) is 4.46. The Morgan fingerprint density at radius 3 is 2.75 bits per heavy atom. The molecule has 3 heteroatoms. The van der Waals surface area contributed by atoms with E-state index in [1.807, 2.05) is 43.3 Å². The molecule has 2 rings (SSSR count). The predicted octanol–water partition coefficient (Wildman–Crippen LogP) is 3.90. The van der Waals surface area contributed by atoms with Gasteiger partial charge in [-0.2, -0.15) is 0 Å². The van der Waals surface area contributed by atoms with Crippen molar-refractivity contribution in [2.24, 2.45) is 5.73 Å². The Labute approximate surface area is 118 Å². The van der Waals surface area contributed by atoms with E-state index in [-0.39, 0.29) is 12.4 Å². The molecule has 2 N–H and O–H groups in total. The molecule has 0 aromatic heterocycles. The third-order valence-electron chi connectivity index (χ3n) is 2.99. The molecule has 0 aliphatic heterocycles. The topological polar surface area (TPSA) is 35.2 Å². The summed E-state index contributed by atoms with van der Waals surface area (Å²) in [7, 11) is 0. The Bertz CT molecular complexity index is 608. The number of para-hydroxylation sites is 1. The van der Waals surface area contributed by atoms with E-state index in [0.29, 0.717) is 12.1 Å². The normalized spacial score (nSPS) is 10.9. The molecule has 0 radical (unpaired) electrons. The first-order valence-corrected chi connectivity index (χ1v) is 6.56. The van der Waals surface area contributed by atoms with Crippen LogP contribution >= 0.6 is 0 Å². The van der Waals surface area contributed by atoms with Gasteiger partial charge in [0.2, 0.25) is 0 Å². The fourth-order valence-electron chi connectivity index (χ4n) is 1.95. The van der Waals surface area contributed by atoms with Crippen LogP contribution in [0.1, 0.15) is 23.6 Å². The summed E-state index contributed by atoms with van der Waals surface area (Å²) in [5.74, 6) is 0.467. The summed E-state index contributed by atoms with van der Waals surface area (Å²) in [4.78, 5) is 0. The third-order valence-corrected chi connectivity index (χ3v) is 2.99. The van der Waals surface area contributed by atoms with Crippen LogP contribution in [0.25, 0.3) is 6.08 Å². The van der Waals surface area contributed by atoms with Crippen LogP contribution in [0.5, 0.6) is 5.75 Å². The molecular weight excluding hydrogens is 253 g/mol. The lowest BCUT2D eigenvalue weighted by atomic mass is 10.1. The zero-order chi connectivity index (χ0) is 14.4. The number of nitrogens with two attached hydrogens (primary N) is 1. The SMILES string of the molecule is C/C=C/c1ccccc1OCc1cc(CN)ccc1F. The van der Waals surface area contributed by atoms with Crippen LogP contribution in [0.15, 0.2) is 48.5 Å². The van der Waals surface area contributed by atoms with E-state index in [2.05, 4.69) is 0 Å². The van der Waals surface area contributed by atoms with Crippen molar-refractivity contribution in [2.45, 2.75) is 20.1 Å². The van der Waals surface area contributed by atoms with Gasteiger partial charge in [-0.1, -0.05) is 36.4 Å². The van der Waals surface area contributed by atoms with Gasteiger partial charge in [0.1, 0.15) is 18.2 Å². The van der Waals surface area contributed by atoms with E-state index in [4.69, 9.17) is 10.5 Å². The van der Waals surface area contributed by atoms with Crippen molar-refractivity contribution in [2.75, 3.05) is 0 Å². The number of halogens is 1. The van der Waals surface area contributed by atoms with Crippen LogP contribution in [0, 0.1) is 5.82 Å². The lowest BCUT2D eigenvalue weighted by Crippen LogP contribution is -2.03. The zero-order valence-electron chi connectivity index (χ0n) is 11.5. The molecule has 2 aromatic carbocycles. The Kier molecular flexibility index (Phi) is 4.91. The van der Waals surface area contributed by atoms with Crippen molar-refractivity contribution < 1.29 is 9.13 Å². The molecule has 0 fully saturated rings. The number of hydrogen-bond donors (Lipinski definition) is 1. The van der Waals surface area contributed by atoms with Gasteiger partial charge in [-0.05, 0) is 30.7 Å². The fraction of sp³-hybridized carbons (Fsp3) is 0.176. The summed E-state index contributed by atoms with van der Waals surface area (Å²) in [6.07, 6.45) is 3.90. The molecule has 0 atom stereocenters. The van der Waals surface area contributed by atoms with Gasteiger partial charge in [0.15, 0.2) is 0 Å². The van der Waals surface area contributed by atoms with Gasteiger partial charge < -0.3 is 10.5 Å². The molecule has 2 nitrogen and oxygen atoms in total. The van der Waals surface area contributed by atoms with Crippen molar-refractivity contribution in [3.63, 3.8) is 0 Å². The van der Waals surface area contributed by atoms with Crippen molar-refractivity contribution >= 4 is 6.08 Å². The average Bonchev–Trinajstić information content (AvgIpc) is 2.48. The Balaban J connectivity index is 2.16. The number of hydrogen-bond acceptors (Lipinski definition) is 2. The highest BCUT2D eigenvalue weighted by Crippen LogP contribution is 2.21. The predicted molar refractivity (Wildman–Crippen MR) is 79.8 cm³/mol. The van der Waals surface area contributed by atoms with Crippen LogP contribution in [0.3, 0.4) is 0 Å². The molecule has 0 saturated carbocycles. The number of rotatable bonds is 5. The summed E-state index contributed by atoms with van der Waals surface area (Å²) in [5, 5.41) is 0. The Morgan fingerprint density at radius 2 is 2.00 bits per heavy atom. The molecule has 0 bridgehead atoms. The molecule has 0 aliphatic carbocycles. The van der Waals surface area contributed by atoms with Crippen molar-refractivity contribution in [3.8, 4) is 5.75 Å². The largest absolute Gasteiger partial charge is 0.488 e. The smallest absolute Gasteiger partial charge is 0.129 e. The number of benzene rings is 2. The molecule has 0 amide bonds. The van der Waals surface area contributed by atoms with Gasteiger partial charge in [-0.3, -0.25) is 0 Å². The zero-order valence-corrected chi connectivity index (χ0v) is 11.5. The second-order valence-corrected chi connectivity index (χ2v) is 4.46. The first kappa shape index (κ1) is 14.3. The van der Waals surface area contributed by atoms with E-state index in [9.17, 15) is 4.39 Å². The molecule has 0 saturated heterocycles. The summed E-state index contributed by atoms with van der Waals surface area (Å²) in [6, 6.07) is 12.5. The summed E-state index contributed by atoms with van der Waals surface area (Å²) < 4.78 is 19.4. The van der Waals surface area contributed by atoms with Gasteiger partial charge in [-0.25, -0.2) is 4.39 Å². The minimum absolute atomic E-state index is 0.189. The van der Waals surface area contributed by atoms with Gasteiger partial charge in [0, 0.05) is 17.7 Å². The van der Waals surface area contributed by atoms with Gasteiger partial charge in [0.05, 0.1) is 0 Å². The monoisotopic (exact) mass is 271 g/mol. The quantitative estimate of drug-likeness (QED) is 0.895. The molecule has 0 spiro atoms.